The standard InChI is InChI=1S/C15H21NOS/c1-16-15-13-5-3-2-4-11(13)10-14(15)18-12-6-8-17-9-7-12/h2-5,12,14-16H,6-10H2,1H3. The van der Waals surface area contributed by atoms with Gasteiger partial charge in [0, 0.05) is 29.8 Å². The molecule has 0 radical (unpaired) electrons. The van der Waals surface area contributed by atoms with E-state index in [1.54, 1.807) is 0 Å². The van der Waals surface area contributed by atoms with E-state index in [0.717, 1.165) is 18.5 Å². The molecule has 1 saturated heterocycles. The Bertz CT molecular complexity index is 403. The van der Waals surface area contributed by atoms with Crippen molar-refractivity contribution in [3.8, 4) is 0 Å². The van der Waals surface area contributed by atoms with Crippen LogP contribution in [0, 0.1) is 0 Å². The lowest BCUT2D eigenvalue weighted by atomic mass is 10.1. The fourth-order valence-corrected chi connectivity index (χ4v) is 4.76. The lowest BCUT2D eigenvalue weighted by molar-refractivity contribution is 0.0999. The molecule has 2 nitrogen and oxygen atoms in total. The van der Waals surface area contributed by atoms with Gasteiger partial charge < -0.3 is 10.1 Å². The van der Waals surface area contributed by atoms with Gasteiger partial charge in [-0.25, -0.2) is 0 Å². The third kappa shape index (κ3) is 2.44. The van der Waals surface area contributed by atoms with Gasteiger partial charge >= 0.3 is 0 Å². The second-order valence-electron chi connectivity index (χ2n) is 5.16. The van der Waals surface area contributed by atoms with Gasteiger partial charge in [0.05, 0.1) is 0 Å². The van der Waals surface area contributed by atoms with Crippen LogP contribution in [0.2, 0.25) is 0 Å². The van der Waals surface area contributed by atoms with Crippen molar-refractivity contribution in [2.45, 2.75) is 35.8 Å². The van der Waals surface area contributed by atoms with Crippen LogP contribution in [-0.4, -0.2) is 30.8 Å². The lowest BCUT2D eigenvalue weighted by Gasteiger charge is -2.27. The number of rotatable bonds is 3. The first-order chi connectivity index (χ1) is 8.88. The number of nitrogens with one attached hydrogen (secondary N) is 1. The number of benzene rings is 1. The largest absolute Gasteiger partial charge is 0.381 e. The number of hydrogen-bond acceptors (Lipinski definition) is 3. The maximum absolute atomic E-state index is 5.45. The Kier molecular flexibility index (Phi) is 3.92. The van der Waals surface area contributed by atoms with Crippen LogP contribution in [0.5, 0.6) is 0 Å². The third-order valence-electron chi connectivity index (χ3n) is 4.03. The van der Waals surface area contributed by atoms with Crippen molar-refractivity contribution in [3.05, 3.63) is 35.4 Å². The monoisotopic (exact) mass is 263 g/mol. The van der Waals surface area contributed by atoms with Crippen LogP contribution in [0.1, 0.15) is 30.0 Å². The molecule has 2 unspecified atom stereocenters. The summed E-state index contributed by atoms with van der Waals surface area (Å²) in [5.74, 6) is 0. The molecule has 18 heavy (non-hydrogen) atoms. The molecule has 0 spiro atoms. The molecule has 1 aliphatic carbocycles. The topological polar surface area (TPSA) is 21.3 Å². The van der Waals surface area contributed by atoms with Crippen LogP contribution in [0.3, 0.4) is 0 Å². The van der Waals surface area contributed by atoms with Crippen molar-refractivity contribution >= 4 is 11.8 Å². The van der Waals surface area contributed by atoms with Crippen molar-refractivity contribution in [2.75, 3.05) is 20.3 Å². The summed E-state index contributed by atoms with van der Waals surface area (Å²) in [6.07, 6.45) is 3.64. The molecule has 1 aromatic rings. The molecular formula is C15H21NOS. The SMILES string of the molecule is CNC1c2ccccc2CC1SC1CCOCC1. The molecule has 0 amide bonds. The number of fused-ring (bicyclic) bond motifs is 1. The zero-order valence-electron chi connectivity index (χ0n) is 10.9. The zero-order valence-corrected chi connectivity index (χ0v) is 11.7. The molecule has 2 aliphatic rings. The van der Waals surface area contributed by atoms with E-state index in [0.29, 0.717) is 11.3 Å². The highest BCUT2D eigenvalue weighted by atomic mass is 32.2. The average molecular weight is 263 g/mol. The number of ether oxygens (including phenoxy) is 1. The fraction of sp³-hybridized carbons (Fsp3) is 0.600. The highest BCUT2D eigenvalue weighted by molar-refractivity contribution is 8.00. The van der Waals surface area contributed by atoms with Crippen molar-refractivity contribution in [2.24, 2.45) is 0 Å². The van der Waals surface area contributed by atoms with E-state index >= 15 is 0 Å². The first-order valence-corrected chi connectivity index (χ1v) is 7.81. The quantitative estimate of drug-likeness (QED) is 0.906. The van der Waals surface area contributed by atoms with Crippen LogP contribution >= 0.6 is 11.8 Å². The first-order valence-electron chi connectivity index (χ1n) is 6.87. The smallest absolute Gasteiger partial charge is 0.0476 e. The van der Waals surface area contributed by atoms with Gasteiger partial charge in [-0.15, -0.1) is 0 Å². The Labute approximate surface area is 113 Å². The summed E-state index contributed by atoms with van der Waals surface area (Å²) < 4.78 is 5.45. The van der Waals surface area contributed by atoms with E-state index in [9.17, 15) is 0 Å². The van der Waals surface area contributed by atoms with Crippen LogP contribution in [0.15, 0.2) is 24.3 Å². The van der Waals surface area contributed by atoms with Gasteiger partial charge in [0.15, 0.2) is 0 Å². The maximum atomic E-state index is 5.45. The third-order valence-corrected chi connectivity index (χ3v) is 5.67. The summed E-state index contributed by atoms with van der Waals surface area (Å²) in [5, 5.41) is 4.98. The van der Waals surface area contributed by atoms with Gasteiger partial charge in [0.2, 0.25) is 0 Å². The summed E-state index contributed by atoms with van der Waals surface area (Å²) in [4.78, 5) is 0. The van der Waals surface area contributed by atoms with Crippen LogP contribution in [0.4, 0.5) is 0 Å². The van der Waals surface area contributed by atoms with Crippen molar-refractivity contribution in [1.82, 2.24) is 5.32 Å². The van der Waals surface area contributed by atoms with Crippen molar-refractivity contribution < 1.29 is 4.74 Å². The van der Waals surface area contributed by atoms with E-state index in [-0.39, 0.29) is 0 Å². The summed E-state index contributed by atoms with van der Waals surface area (Å²) in [5.41, 5.74) is 3.03. The predicted octanol–water partition coefficient (Wildman–Crippen LogP) is 2.78. The molecule has 2 atom stereocenters. The summed E-state index contributed by atoms with van der Waals surface area (Å²) >= 11 is 2.17. The minimum atomic E-state index is 0.522. The van der Waals surface area contributed by atoms with E-state index in [2.05, 4.69) is 48.4 Å². The Morgan fingerprint density at radius 1 is 1.22 bits per heavy atom. The molecule has 3 heteroatoms. The maximum Gasteiger partial charge on any atom is 0.0476 e. The lowest BCUT2D eigenvalue weighted by Crippen LogP contribution is -2.27. The molecule has 1 fully saturated rings. The first kappa shape index (κ1) is 12.5. The van der Waals surface area contributed by atoms with Gasteiger partial charge in [-0.1, -0.05) is 24.3 Å². The highest BCUT2D eigenvalue weighted by Gasteiger charge is 2.33. The normalized spacial score (nSPS) is 28.3. The Morgan fingerprint density at radius 3 is 2.78 bits per heavy atom. The molecule has 0 saturated carbocycles. The van der Waals surface area contributed by atoms with Crippen molar-refractivity contribution in [1.29, 1.82) is 0 Å². The molecular weight excluding hydrogens is 242 g/mol. The molecule has 1 N–H and O–H groups in total. The number of hydrogen-bond donors (Lipinski definition) is 1. The van der Waals surface area contributed by atoms with Crippen LogP contribution < -0.4 is 5.32 Å². The molecule has 0 aromatic heterocycles. The molecule has 1 aromatic carbocycles. The Morgan fingerprint density at radius 2 is 2.00 bits per heavy atom. The molecule has 1 aliphatic heterocycles. The molecule has 3 rings (SSSR count). The van der Waals surface area contributed by atoms with Gasteiger partial charge in [-0.2, -0.15) is 11.8 Å². The number of thioether (sulfide) groups is 1. The molecule has 98 valence electrons. The highest BCUT2D eigenvalue weighted by Crippen LogP contribution is 2.41. The second-order valence-corrected chi connectivity index (χ2v) is 6.70. The van der Waals surface area contributed by atoms with E-state index in [1.165, 1.54) is 30.4 Å². The molecule has 0 bridgehead atoms. The predicted molar refractivity (Wildman–Crippen MR) is 77.2 cm³/mol. The second kappa shape index (κ2) is 5.64. The minimum Gasteiger partial charge on any atom is -0.381 e. The van der Waals surface area contributed by atoms with Crippen LogP contribution in [-0.2, 0) is 11.2 Å². The van der Waals surface area contributed by atoms with Gasteiger partial charge in [0.1, 0.15) is 0 Å². The summed E-state index contributed by atoms with van der Waals surface area (Å²) in [6, 6.07) is 9.40. The van der Waals surface area contributed by atoms with Gasteiger partial charge in [-0.3, -0.25) is 0 Å². The van der Waals surface area contributed by atoms with Gasteiger partial charge in [0.25, 0.3) is 0 Å². The Hall–Kier alpha value is -0.510. The summed E-state index contributed by atoms with van der Waals surface area (Å²) in [6.45, 7) is 1.89. The van der Waals surface area contributed by atoms with E-state index in [1.807, 2.05) is 0 Å². The van der Waals surface area contributed by atoms with Crippen molar-refractivity contribution in [3.63, 3.8) is 0 Å². The van der Waals surface area contributed by atoms with E-state index in [4.69, 9.17) is 4.74 Å². The average Bonchev–Trinajstić information content (AvgIpc) is 2.77. The van der Waals surface area contributed by atoms with Crippen LogP contribution in [0.25, 0.3) is 0 Å². The van der Waals surface area contributed by atoms with Gasteiger partial charge in [-0.05, 0) is 37.4 Å². The fourth-order valence-electron chi connectivity index (χ4n) is 3.09. The van der Waals surface area contributed by atoms with E-state index < -0.39 is 0 Å². The molecule has 1 heterocycles. The zero-order chi connectivity index (χ0) is 12.4. The minimum absolute atomic E-state index is 0.522. The summed E-state index contributed by atoms with van der Waals surface area (Å²) in [7, 11) is 2.09. The Balaban J connectivity index is 1.70.